The van der Waals surface area contributed by atoms with Gasteiger partial charge in [0.05, 0.1) is 18.9 Å². The van der Waals surface area contributed by atoms with Gasteiger partial charge >= 0.3 is 6.03 Å². The predicted molar refractivity (Wildman–Crippen MR) is 110 cm³/mol. The van der Waals surface area contributed by atoms with Crippen molar-refractivity contribution in [3.05, 3.63) is 47.5 Å². The van der Waals surface area contributed by atoms with Crippen LogP contribution in [0.25, 0.3) is 6.08 Å². The summed E-state index contributed by atoms with van der Waals surface area (Å²) >= 11 is 0. The van der Waals surface area contributed by atoms with Crippen molar-refractivity contribution >= 4 is 29.6 Å². The predicted octanol–water partition coefficient (Wildman–Crippen LogP) is 2.88. The van der Waals surface area contributed by atoms with Gasteiger partial charge in [0.1, 0.15) is 5.57 Å². The molecule has 0 radical (unpaired) electrons. The fourth-order valence-electron chi connectivity index (χ4n) is 3.21. The van der Waals surface area contributed by atoms with Crippen LogP contribution in [0.2, 0.25) is 0 Å². The third-order valence-corrected chi connectivity index (χ3v) is 4.58. The van der Waals surface area contributed by atoms with Gasteiger partial charge in [-0.15, -0.1) is 0 Å². The van der Waals surface area contributed by atoms with E-state index in [9.17, 15) is 14.4 Å². The van der Waals surface area contributed by atoms with Crippen molar-refractivity contribution in [2.75, 3.05) is 18.8 Å². The second-order valence-corrected chi connectivity index (χ2v) is 7.07. The summed E-state index contributed by atoms with van der Waals surface area (Å²) in [5.74, 6) is 0.372. The minimum absolute atomic E-state index is 0.0509. The third kappa shape index (κ3) is 3.89. The average Bonchev–Trinajstić information content (AvgIpc) is 3.19. The van der Waals surface area contributed by atoms with Gasteiger partial charge < -0.3 is 18.9 Å². The van der Waals surface area contributed by atoms with E-state index in [1.54, 1.807) is 30.3 Å². The van der Waals surface area contributed by atoms with Gasteiger partial charge in [0.2, 0.25) is 6.79 Å². The number of benzene rings is 2. The fraction of sp³-hybridized carbons (Fsp3) is 0.227. The molecule has 31 heavy (non-hydrogen) atoms. The van der Waals surface area contributed by atoms with Gasteiger partial charge in [-0.05, 0) is 49.8 Å². The van der Waals surface area contributed by atoms with Crippen molar-refractivity contribution in [2.24, 2.45) is 0 Å². The molecule has 2 aromatic carbocycles. The van der Waals surface area contributed by atoms with Crippen LogP contribution in [0.3, 0.4) is 0 Å². The Kier molecular flexibility index (Phi) is 5.24. The maximum absolute atomic E-state index is 13.1. The van der Waals surface area contributed by atoms with Crippen LogP contribution in [0.1, 0.15) is 19.4 Å². The first-order chi connectivity index (χ1) is 14.9. The molecule has 0 atom stereocenters. The molecule has 9 nitrogen and oxygen atoms in total. The normalized spacial score (nSPS) is 16.7. The maximum atomic E-state index is 13.1. The first kappa shape index (κ1) is 20.3. The minimum Gasteiger partial charge on any atom is -0.493 e. The zero-order chi connectivity index (χ0) is 22.1. The number of amides is 4. The summed E-state index contributed by atoms with van der Waals surface area (Å²) in [6, 6.07) is 8.83. The summed E-state index contributed by atoms with van der Waals surface area (Å²) in [4.78, 5) is 38.7. The molecular formula is C22H20N2O7. The highest BCUT2D eigenvalue weighted by molar-refractivity contribution is 6.39. The van der Waals surface area contributed by atoms with E-state index in [-0.39, 0.29) is 24.2 Å². The number of hydrogen-bond donors (Lipinski definition) is 1. The van der Waals surface area contributed by atoms with E-state index in [2.05, 4.69) is 5.32 Å². The molecule has 1 N–H and O–H groups in total. The van der Waals surface area contributed by atoms with Gasteiger partial charge in [-0.2, -0.15) is 0 Å². The van der Waals surface area contributed by atoms with Crippen LogP contribution < -0.4 is 29.2 Å². The van der Waals surface area contributed by atoms with Crippen molar-refractivity contribution in [3.8, 4) is 23.0 Å². The molecule has 0 saturated carbocycles. The van der Waals surface area contributed by atoms with E-state index in [4.69, 9.17) is 18.9 Å². The van der Waals surface area contributed by atoms with Crippen LogP contribution in [0, 0.1) is 0 Å². The van der Waals surface area contributed by atoms with Gasteiger partial charge in [-0.1, -0.05) is 6.07 Å². The average molecular weight is 424 g/mol. The SMILES string of the molecule is COc1cc(/C=C2\C(=O)NC(=O)N(c3ccc4c(c3)OCO4)C2=O)ccc1OC(C)C. The lowest BCUT2D eigenvalue weighted by atomic mass is 10.1. The summed E-state index contributed by atoms with van der Waals surface area (Å²) in [7, 11) is 1.50. The van der Waals surface area contributed by atoms with Crippen LogP contribution in [0.4, 0.5) is 10.5 Å². The molecule has 1 fully saturated rings. The number of anilines is 1. The zero-order valence-electron chi connectivity index (χ0n) is 17.1. The summed E-state index contributed by atoms with van der Waals surface area (Å²) in [5, 5.41) is 2.19. The second-order valence-electron chi connectivity index (χ2n) is 7.07. The van der Waals surface area contributed by atoms with Crippen molar-refractivity contribution in [1.82, 2.24) is 5.32 Å². The number of barbiturate groups is 1. The lowest BCUT2D eigenvalue weighted by Crippen LogP contribution is -2.54. The quantitative estimate of drug-likeness (QED) is 0.581. The molecule has 4 rings (SSSR count). The molecule has 160 valence electrons. The number of fused-ring (bicyclic) bond motifs is 1. The Morgan fingerprint density at radius 1 is 1.03 bits per heavy atom. The lowest BCUT2D eigenvalue weighted by Gasteiger charge is -2.26. The number of urea groups is 1. The largest absolute Gasteiger partial charge is 0.493 e. The lowest BCUT2D eigenvalue weighted by molar-refractivity contribution is -0.122. The number of nitrogens with zero attached hydrogens (tertiary/aromatic N) is 1. The number of hydrogen-bond acceptors (Lipinski definition) is 7. The van der Waals surface area contributed by atoms with Crippen LogP contribution in [-0.4, -0.2) is 37.9 Å². The zero-order valence-corrected chi connectivity index (χ0v) is 17.1. The number of ether oxygens (including phenoxy) is 4. The van der Waals surface area contributed by atoms with Crippen LogP contribution in [-0.2, 0) is 9.59 Å². The molecule has 0 spiro atoms. The van der Waals surface area contributed by atoms with E-state index in [1.807, 2.05) is 13.8 Å². The Morgan fingerprint density at radius 3 is 2.55 bits per heavy atom. The molecular weight excluding hydrogens is 404 g/mol. The van der Waals surface area contributed by atoms with Gasteiger partial charge in [-0.25, -0.2) is 9.69 Å². The van der Waals surface area contributed by atoms with Crippen molar-refractivity contribution in [3.63, 3.8) is 0 Å². The number of nitrogens with one attached hydrogen (secondary N) is 1. The van der Waals surface area contributed by atoms with Crippen LogP contribution >= 0.6 is 0 Å². The van der Waals surface area contributed by atoms with Gasteiger partial charge in [-0.3, -0.25) is 14.9 Å². The standard InChI is InChI=1S/C22H20N2O7/c1-12(2)31-17-6-4-13(9-18(17)28-3)8-15-20(25)23-22(27)24(21(15)26)14-5-7-16-19(10-14)30-11-29-16/h4-10,12H,11H2,1-3H3,(H,23,25,27)/b15-8+. The molecule has 9 heteroatoms. The van der Waals surface area contributed by atoms with Gasteiger partial charge in [0.25, 0.3) is 11.8 Å². The number of imide groups is 2. The first-order valence-corrected chi connectivity index (χ1v) is 9.53. The van der Waals surface area contributed by atoms with E-state index in [1.165, 1.54) is 19.3 Å². The first-order valence-electron chi connectivity index (χ1n) is 9.53. The Morgan fingerprint density at radius 2 is 1.81 bits per heavy atom. The van der Waals surface area contributed by atoms with Gasteiger partial charge in [0, 0.05) is 6.07 Å². The number of carbonyl (C=O) groups is 3. The summed E-state index contributed by atoms with van der Waals surface area (Å²) in [6.07, 6.45) is 1.34. The van der Waals surface area contributed by atoms with Crippen molar-refractivity contribution in [1.29, 1.82) is 0 Å². The highest BCUT2D eigenvalue weighted by atomic mass is 16.7. The molecule has 0 aliphatic carbocycles. The Hall–Kier alpha value is -4.01. The smallest absolute Gasteiger partial charge is 0.335 e. The summed E-state index contributed by atoms with van der Waals surface area (Å²) in [6.45, 7) is 3.84. The van der Waals surface area contributed by atoms with Crippen LogP contribution in [0.5, 0.6) is 23.0 Å². The fourth-order valence-corrected chi connectivity index (χ4v) is 3.21. The van der Waals surface area contributed by atoms with Crippen molar-refractivity contribution < 1.29 is 33.3 Å². The maximum Gasteiger partial charge on any atom is 0.335 e. The highest BCUT2D eigenvalue weighted by Gasteiger charge is 2.37. The highest BCUT2D eigenvalue weighted by Crippen LogP contribution is 2.36. The monoisotopic (exact) mass is 424 g/mol. The van der Waals surface area contributed by atoms with Crippen LogP contribution in [0.15, 0.2) is 42.0 Å². The molecule has 2 heterocycles. The van der Waals surface area contributed by atoms with E-state index in [0.29, 0.717) is 28.6 Å². The summed E-state index contributed by atoms with van der Waals surface area (Å²) < 4.78 is 21.6. The molecule has 2 aliphatic rings. The molecule has 2 aromatic rings. The molecule has 2 aliphatic heterocycles. The van der Waals surface area contributed by atoms with E-state index < -0.39 is 17.8 Å². The van der Waals surface area contributed by atoms with Gasteiger partial charge in [0.15, 0.2) is 23.0 Å². The third-order valence-electron chi connectivity index (χ3n) is 4.58. The number of carbonyl (C=O) groups excluding carboxylic acids is 3. The second kappa shape index (κ2) is 8.02. The van der Waals surface area contributed by atoms with E-state index in [0.717, 1.165) is 4.90 Å². The topological polar surface area (TPSA) is 103 Å². The Bertz CT molecular complexity index is 1110. The number of methoxy groups -OCH3 is 1. The number of rotatable bonds is 5. The Balaban J connectivity index is 1.68. The van der Waals surface area contributed by atoms with Crippen molar-refractivity contribution in [2.45, 2.75) is 20.0 Å². The minimum atomic E-state index is -0.843. The molecule has 4 amide bonds. The molecule has 0 unspecified atom stereocenters. The summed E-state index contributed by atoms with van der Waals surface area (Å²) in [5.41, 5.74) is 0.590. The Labute approximate surface area is 178 Å². The molecule has 0 aromatic heterocycles. The molecule has 1 saturated heterocycles. The van der Waals surface area contributed by atoms with E-state index >= 15 is 0 Å². The molecule has 0 bridgehead atoms.